The van der Waals surface area contributed by atoms with E-state index in [0.717, 1.165) is 17.9 Å². The van der Waals surface area contributed by atoms with E-state index in [2.05, 4.69) is 17.6 Å². The summed E-state index contributed by atoms with van der Waals surface area (Å²) in [5.74, 6) is 0. The number of anilines is 2. The van der Waals surface area contributed by atoms with Gasteiger partial charge in [-0.05, 0) is 19.1 Å². The first-order chi connectivity index (χ1) is 6.16. The quantitative estimate of drug-likeness (QED) is 0.697. The second-order valence-corrected chi connectivity index (χ2v) is 4.05. The highest BCUT2D eigenvalue weighted by Crippen LogP contribution is 2.34. The van der Waals surface area contributed by atoms with Crippen molar-refractivity contribution in [1.29, 1.82) is 0 Å². The van der Waals surface area contributed by atoms with E-state index in [4.69, 9.17) is 23.2 Å². The summed E-state index contributed by atoms with van der Waals surface area (Å²) < 4.78 is 0. The molecule has 0 radical (unpaired) electrons. The van der Waals surface area contributed by atoms with Gasteiger partial charge in [-0.15, -0.1) is 0 Å². The lowest BCUT2D eigenvalue weighted by Crippen LogP contribution is -2.29. The second-order valence-electron chi connectivity index (χ2n) is 3.24. The van der Waals surface area contributed by atoms with Gasteiger partial charge in [-0.25, -0.2) is 0 Å². The third-order valence-corrected chi connectivity index (χ3v) is 2.78. The predicted octanol–water partition coefficient (Wildman–Crippen LogP) is 3.22. The lowest BCUT2D eigenvalue weighted by atomic mass is 10.2. The summed E-state index contributed by atoms with van der Waals surface area (Å²) >= 11 is 11.8. The molecule has 0 saturated heterocycles. The molecule has 2 nitrogen and oxygen atoms in total. The van der Waals surface area contributed by atoms with Crippen LogP contribution in [0.2, 0.25) is 10.0 Å². The van der Waals surface area contributed by atoms with Gasteiger partial charge in [0.05, 0.1) is 21.4 Å². The van der Waals surface area contributed by atoms with Crippen LogP contribution in [0.3, 0.4) is 0 Å². The summed E-state index contributed by atoms with van der Waals surface area (Å²) in [6, 6.07) is 4.12. The largest absolute Gasteiger partial charge is 0.381 e. The van der Waals surface area contributed by atoms with Gasteiger partial charge in [0.25, 0.3) is 0 Å². The number of nitrogens with one attached hydrogen (secondary N) is 2. The molecule has 0 bridgehead atoms. The standard InChI is InChI=1S/C9H10Cl2N2/c1-5-4-12-8-2-6(10)7(11)3-9(8)13-5/h2-3,5,12-13H,4H2,1H3. The molecule has 0 fully saturated rings. The molecule has 70 valence electrons. The molecule has 0 amide bonds. The SMILES string of the molecule is CC1CNc2cc(Cl)c(Cl)cc2N1. The van der Waals surface area contributed by atoms with E-state index in [1.54, 1.807) is 0 Å². The van der Waals surface area contributed by atoms with Crippen molar-refractivity contribution in [2.24, 2.45) is 0 Å². The summed E-state index contributed by atoms with van der Waals surface area (Å²) in [6.45, 7) is 3.02. The van der Waals surface area contributed by atoms with Crippen molar-refractivity contribution >= 4 is 34.6 Å². The fourth-order valence-corrected chi connectivity index (χ4v) is 1.72. The lowest BCUT2D eigenvalue weighted by molar-refractivity contribution is 0.818. The number of rotatable bonds is 0. The Labute approximate surface area is 87.2 Å². The van der Waals surface area contributed by atoms with Gasteiger partial charge in [0.15, 0.2) is 0 Å². The molecule has 0 aromatic heterocycles. The highest BCUT2D eigenvalue weighted by atomic mass is 35.5. The highest BCUT2D eigenvalue weighted by molar-refractivity contribution is 6.42. The van der Waals surface area contributed by atoms with Crippen LogP contribution < -0.4 is 10.6 Å². The molecular formula is C9H10Cl2N2. The smallest absolute Gasteiger partial charge is 0.0614 e. The van der Waals surface area contributed by atoms with Gasteiger partial charge in [0.1, 0.15) is 0 Å². The molecule has 1 aliphatic heterocycles. The average Bonchev–Trinajstić information content (AvgIpc) is 2.08. The Hall–Kier alpha value is -0.600. The van der Waals surface area contributed by atoms with Crippen LogP contribution in [0, 0.1) is 0 Å². The Morgan fingerprint density at radius 2 is 1.85 bits per heavy atom. The first-order valence-electron chi connectivity index (χ1n) is 4.16. The average molecular weight is 217 g/mol. The van der Waals surface area contributed by atoms with Crippen LogP contribution in [0.25, 0.3) is 0 Å². The summed E-state index contributed by atoms with van der Waals surface area (Å²) in [5.41, 5.74) is 2.04. The van der Waals surface area contributed by atoms with Crippen molar-refractivity contribution in [3.63, 3.8) is 0 Å². The van der Waals surface area contributed by atoms with Crippen LogP contribution in [0.15, 0.2) is 12.1 Å². The number of hydrogen-bond acceptors (Lipinski definition) is 2. The van der Waals surface area contributed by atoms with E-state index in [9.17, 15) is 0 Å². The zero-order valence-corrected chi connectivity index (χ0v) is 8.71. The second kappa shape index (κ2) is 3.28. The van der Waals surface area contributed by atoms with E-state index < -0.39 is 0 Å². The Morgan fingerprint density at radius 1 is 1.23 bits per heavy atom. The maximum atomic E-state index is 5.89. The number of benzene rings is 1. The van der Waals surface area contributed by atoms with Crippen LogP contribution in [0.5, 0.6) is 0 Å². The molecule has 1 unspecified atom stereocenters. The summed E-state index contributed by atoms with van der Waals surface area (Å²) in [6.07, 6.45) is 0. The van der Waals surface area contributed by atoms with Crippen LogP contribution in [0.4, 0.5) is 11.4 Å². The molecule has 2 rings (SSSR count). The van der Waals surface area contributed by atoms with Crippen LogP contribution in [-0.2, 0) is 0 Å². The number of fused-ring (bicyclic) bond motifs is 1. The molecule has 1 atom stereocenters. The molecular weight excluding hydrogens is 207 g/mol. The lowest BCUT2D eigenvalue weighted by Gasteiger charge is -2.26. The van der Waals surface area contributed by atoms with Gasteiger partial charge in [-0.3, -0.25) is 0 Å². The van der Waals surface area contributed by atoms with Crippen molar-refractivity contribution < 1.29 is 0 Å². The van der Waals surface area contributed by atoms with Crippen molar-refractivity contribution in [3.05, 3.63) is 22.2 Å². The van der Waals surface area contributed by atoms with Crippen molar-refractivity contribution in [2.45, 2.75) is 13.0 Å². The van der Waals surface area contributed by atoms with E-state index in [-0.39, 0.29) is 0 Å². The Balaban J connectivity index is 2.43. The van der Waals surface area contributed by atoms with Crippen molar-refractivity contribution in [1.82, 2.24) is 0 Å². The van der Waals surface area contributed by atoms with Gasteiger partial charge in [0, 0.05) is 12.6 Å². The van der Waals surface area contributed by atoms with Gasteiger partial charge in [-0.1, -0.05) is 23.2 Å². The zero-order valence-electron chi connectivity index (χ0n) is 7.20. The molecule has 0 spiro atoms. The molecule has 0 saturated carbocycles. The first-order valence-corrected chi connectivity index (χ1v) is 4.92. The minimum Gasteiger partial charge on any atom is -0.381 e. The fraction of sp³-hybridized carbons (Fsp3) is 0.333. The molecule has 13 heavy (non-hydrogen) atoms. The van der Waals surface area contributed by atoms with Crippen molar-refractivity contribution in [3.8, 4) is 0 Å². The summed E-state index contributed by atoms with van der Waals surface area (Å²) in [4.78, 5) is 0. The van der Waals surface area contributed by atoms with E-state index >= 15 is 0 Å². The molecule has 1 aliphatic rings. The zero-order chi connectivity index (χ0) is 9.42. The first kappa shape index (κ1) is 8.97. The summed E-state index contributed by atoms with van der Waals surface area (Å²) in [5, 5.41) is 7.77. The number of halogens is 2. The molecule has 0 aliphatic carbocycles. The fourth-order valence-electron chi connectivity index (χ4n) is 1.39. The topological polar surface area (TPSA) is 24.1 Å². The Kier molecular flexibility index (Phi) is 2.26. The maximum absolute atomic E-state index is 5.89. The van der Waals surface area contributed by atoms with E-state index in [1.165, 1.54) is 0 Å². The van der Waals surface area contributed by atoms with E-state index in [0.29, 0.717) is 16.1 Å². The molecule has 2 N–H and O–H groups in total. The minimum absolute atomic E-state index is 0.421. The Morgan fingerprint density at radius 3 is 2.54 bits per heavy atom. The Bertz CT molecular complexity index is 339. The predicted molar refractivity (Wildman–Crippen MR) is 58.0 cm³/mol. The molecule has 4 heteroatoms. The molecule has 1 aromatic rings. The molecule has 1 aromatic carbocycles. The molecule has 1 heterocycles. The highest BCUT2D eigenvalue weighted by Gasteiger charge is 2.14. The maximum Gasteiger partial charge on any atom is 0.0614 e. The minimum atomic E-state index is 0.421. The van der Waals surface area contributed by atoms with Crippen LogP contribution >= 0.6 is 23.2 Å². The van der Waals surface area contributed by atoms with Crippen LogP contribution in [-0.4, -0.2) is 12.6 Å². The number of hydrogen-bond donors (Lipinski definition) is 2. The van der Waals surface area contributed by atoms with Gasteiger partial charge < -0.3 is 10.6 Å². The summed E-state index contributed by atoms with van der Waals surface area (Å²) in [7, 11) is 0. The van der Waals surface area contributed by atoms with Gasteiger partial charge in [-0.2, -0.15) is 0 Å². The monoisotopic (exact) mass is 216 g/mol. The van der Waals surface area contributed by atoms with Crippen molar-refractivity contribution in [2.75, 3.05) is 17.2 Å². The third-order valence-electron chi connectivity index (χ3n) is 2.06. The van der Waals surface area contributed by atoms with E-state index in [1.807, 2.05) is 12.1 Å². The van der Waals surface area contributed by atoms with Crippen LogP contribution in [0.1, 0.15) is 6.92 Å². The van der Waals surface area contributed by atoms with Gasteiger partial charge >= 0.3 is 0 Å². The normalized spacial score (nSPS) is 20.1. The van der Waals surface area contributed by atoms with Gasteiger partial charge in [0.2, 0.25) is 0 Å². The third kappa shape index (κ3) is 1.69.